The summed E-state index contributed by atoms with van der Waals surface area (Å²) in [5.74, 6) is -0.490. The first-order valence-electron chi connectivity index (χ1n) is 7.52. The smallest absolute Gasteiger partial charge is 0.308 e. The van der Waals surface area contributed by atoms with Crippen molar-refractivity contribution in [1.29, 1.82) is 0 Å². The van der Waals surface area contributed by atoms with Crippen LogP contribution in [0.5, 0.6) is 0 Å². The van der Waals surface area contributed by atoms with Gasteiger partial charge in [0, 0.05) is 11.8 Å². The standard InChI is InChI=1S/C17H14ClN3O4/c18-14-6-5-11(9-19-14)10-25-15(22)7-8-21-17(24)13-4-2-1-3-12(13)16(23)20-21/h1-6,9H,7-8,10H2,(H,20,23). The zero-order chi connectivity index (χ0) is 17.8. The van der Waals surface area contributed by atoms with Crippen LogP contribution in [0, 0.1) is 0 Å². The van der Waals surface area contributed by atoms with Crippen LogP contribution in [0.1, 0.15) is 12.0 Å². The Morgan fingerprint density at radius 1 is 1.16 bits per heavy atom. The largest absolute Gasteiger partial charge is 0.461 e. The number of esters is 1. The van der Waals surface area contributed by atoms with E-state index in [1.165, 1.54) is 6.20 Å². The Labute approximate surface area is 146 Å². The highest BCUT2D eigenvalue weighted by Crippen LogP contribution is 2.07. The molecule has 1 N–H and O–H groups in total. The maximum Gasteiger partial charge on any atom is 0.308 e. The number of H-pyrrole nitrogens is 1. The molecular weight excluding hydrogens is 346 g/mol. The molecule has 2 heterocycles. The van der Waals surface area contributed by atoms with Gasteiger partial charge in [0.15, 0.2) is 0 Å². The number of ether oxygens (including phenoxy) is 1. The number of aromatic amines is 1. The van der Waals surface area contributed by atoms with Gasteiger partial charge in [0.2, 0.25) is 0 Å². The van der Waals surface area contributed by atoms with Crippen LogP contribution in [0.3, 0.4) is 0 Å². The highest BCUT2D eigenvalue weighted by molar-refractivity contribution is 6.29. The average Bonchev–Trinajstić information content (AvgIpc) is 2.63. The summed E-state index contributed by atoms with van der Waals surface area (Å²) in [5, 5.41) is 3.46. The van der Waals surface area contributed by atoms with Crippen molar-refractivity contribution in [3.05, 3.63) is 74.0 Å². The van der Waals surface area contributed by atoms with Crippen molar-refractivity contribution in [1.82, 2.24) is 14.8 Å². The van der Waals surface area contributed by atoms with Gasteiger partial charge in [-0.15, -0.1) is 0 Å². The molecule has 25 heavy (non-hydrogen) atoms. The first-order valence-corrected chi connectivity index (χ1v) is 7.90. The summed E-state index contributed by atoms with van der Waals surface area (Å²) in [4.78, 5) is 40.0. The van der Waals surface area contributed by atoms with Gasteiger partial charge in [0.05, 0.1) is 23.7 Å². The van der Waals surface area contributed by atoms with Gasteiger partial charge < -0.3 is 4.74 Å². The third-order valence-electron chi connectivity index (χ3n) is 3.61. The van der Waals surface area contributed by atoms with Gasteiger partial charge in [-0.3, -0.25) is 19.5 Å². The Hall–Kier alpha value is -2.93. The summed E-state index contributed by atoms with van der Waals surface area (Å²) in [6.07, 6.45) is 1.47. The molecule has 0 radical (unpaired) electrons. The lowest BCUT2D eigenvalue weighted by Gasteiger charge is -2.08. The van der Waals surface area contributed by atoms with Crippen molar-refractivity contribution >= 4 is 28.3 Å². The first-order chi connectivity index (χ1) is 12.0. The third-order valence-corrected chi connectivity index (χ3v) is 3.84. The minimum absolute atomic E-state index is 0.0244. The number of halogens is 1. The molecule has 3 rings (SSSR count). The average molecular weight is 360 g/mol. The molecule has 128 valence electrons. The van der Waals surface area contributed by atoms with E-state index >= 15 is 0 Å². The van der Waals surface area contributed by atoms with E-state index in [9.17, 15) is 14.4 Å². The molecule has 0 aliphatic heterocycles. The molecule has 0 unspecified atom stereocenters. The number of nitrogens with one attached hydrogen (secondary N) is 1. The van der Waals surface area contributed by atoms with E-state index in [1.807, 2.05) is 0 Å². The first kappa shape index (κ1) is 16.9. The predicted molar refractivity (Wildman–Crippen MR) is 92.5 cm³/mol. The molecule has 0 aliphatic rings. The van der Waals surface area contributed by atoms with Crippen LogP contribution in [-0.4, -0.2) is 20.7 Å². The van der Waals surface area contributed by atoms with Crippen LogP contribution in [0.15, 0.2) is 52.2 Å². The summed E-state index contributed by atoms with van der Waals surface area (Å²) in [7, 11) is 0. The molecule has 0 bridgehead atoms. The number of carbonyl (C=O) groups is 1. The van der Waals surface area contributed by atoms with Crippen molar-refractivity contribution < 1.29 is 9.53 Å². The lowest BCUT2D eigenvalue weighted by Crippen LogP contribution is -2.30. The number of rotatable bonds is 5. The summed E-state index contributed by atoms with van der Waals surface area (Å²) < 4.78 is 6.24. The second-order valence-corrected chi connectivity index (χ2v) is 5.73. The van der Waals surface area contributed by atoms with Crippen molar-refractivity contribution in [3.63, 3.8) is 0 Å². The molecule has 1 aromatic carbocycles. The van der Waals surface area contributed by atoms with Crippen LogP contribution in [0.25, 0.3) is 10.8 Å². The molecule has 0 atom stereocenters. The topological polar surface area (TPSA) is 94.1 Å². The number of hydrogen-bond donors (Lipinski definition) is 1. The Bertz CT molecular complexity index is 1020. The molecule has 0 aliphatic carbocycles. The van der Waals surface area contributed by atoms with Crippen molar-refractivity contribution in [2.24, 2.45) is 0 Å². The number of benzene rings is 1. The monoisotopic (exact) mass is 359 g/mol. The zero-order valence-corrected chi connectivity index (χ0v) is 13.8. The molecule has 7 nitrogen and oxygen atoms in total. The van der Waals surface area contributed by atoms with Gasteiger partial charge >= 0.3 is 5.97 Å². The lowest BCUT2D eigenvalue weighted by molar-refractivity contribution is -0.145. The fourth-order valence-electron chi connectivity index (χ4n) is 2.33. The molecule has 2 aromatic heterocycles. The Kier molecular flexibility index (Phi) is 4.95. The molecule has 8 heteroatoms. The quantitative estimate of drug-likeness (QED) is 0.554. The van der Waals surface area contributed by atoms with E-state index in [0.29, 0.717) is 21.5 Å². The summed E-state index contributed by atoms with van der Waals surface area (Å²) in [6.45, 7) is 0.0861. The number of pyridine rings is 1. The van der Waals surface area contributed by atoms with E-state index in [-0.39, 0.29) is 30.7 Å². The van der Waals surface area contributed by atoms with Crippen LogP contribution in [0.4, 0.5) is 0 Å². The van der Waals surface area contributed by atoms with E-state index in [2.05, 4.69) is 10.1 Å². The minimum Gasteiger partial charge on any atom is -0.461 e. The predicted octanol–water partition coefficient (Wildman–Crippen LogP) is 1.87. The molecule has 0 saturated heterocycles. The molecular formula is C17H14ClN3O4. The van der Waals surface area contributed by atoms with E-state index in [4.69, 9.17) is 16.3 Å². The van der Waals surface area contributed by atoms with Crippen LogP contribution < -0.4 is 11.1 Å². The molecule has 3 aromatic rings. The lowest BCUT2D eigenvalue weighted by atomic mass is 10.2. The van der Waals surface area contributed by atoms with Gasteiger partial charge in [0.25, 0.3) is 11.1 Å². The van der Waals surface area contributed by atoms with Crippen molar-refractivity contribution in [2.45, 2.75) is 19.6 Å². The van der Waals surface area contributed by atoms with Crippen LogP contribution in [0.2, 0.25) is 5.15 Å². The summed E-state index contributed by atoms with van der Waals surface area (Å²) in [6, 6.07) is 9.83. The number of hydrogen-bond acceptors (Lipinski definition) is 5. The van der Waals surface area contributed by atoms with E-state index in [1.54, 1.807) is 36.4 Å². The third kappa shape index (κ3) is 3.95. The highest BCUT2D eigenvalue weighted by Gasteiger charge is 2.09. The zero-order valence-electron chi connectivity index (χ0n) is 13.1. The number of nitrogens with zero attached hydrogens (tertiary/aromatic N) is 2. The van der Waals surface area contributed by atoms with Crippen molar-refractivity contribution in [3.8, 4) is 0 Å². The Morgan fingerprint density at radius 3 is 2.64 bits per heavy atom. The fourth-order valence-corrected chi connectivity index (χ4v) is 2.45. The number of fused-ring (bicyclic) bond motifs is 1. The van der Waals surface area contributed by atoms with Gasteiger partial charge in [-0.1, -0.05) is 29.8 Å². The number of aryl methyl sites for hydroxylation is 1. The Morgan fingerprint density at radius 2 is 1.92 bits per heavy atom. The highest BCUT2D eigenvalue weighted by atomic mass is 35.5. The normalized spacial score (nSPS) is 10.8. The number of carbonyl (C=O) groups excluding carboxylic acids is 1. The minimum atomic E-state index is -0.490. The molecule has 0 fully saturated rings. The molecule has 0 amide bonds. The maximum absolute atomic E-state index is 12.3. The van der Waals surface area contributed by atoms with Gasteiger partial charge in [0.1, 0.15) is 11.8 Å². The SMILES string of the molecule is O=C(CCn1[nH]c(=O)c2ccccc2c1=O)OCc1ccc(Cl)nc1. The van der Waals surface area contributed by atoms with Crippen molar-refractivity contribution in [2.75, 3.05) is 0 Å². The number of aromatic nitrogens is 3. The fraction of sp³-hybridized carbons (Fsp3) is 0.176. The molecule has 0 spiro atoms. The van der Waals surface area contributed by atoms with Gasteiger partial charge in [-0.05, 0) is 18.2 Å². The van der Waals surface area contributed by atoms with E-state index in [0.717, 1.165) is 4.68 Å². The van der Waals surface area contributed by atoms with Crippen LogP contribution in [-0.2, 0) is 22.7 Å². The van der Waals surface area contributed by atoms with Gasteiger partial charge in [-0.2, -0.15) is 0 Å². The Balaban J connectivity index is 1.65. The second-order valence-electron chi connectivity index (χ2n) is 5.34. The van der Waals surface area contributed by atoms with Gasteiger partial charge in [-0.25, -0.2) is 9.67 Å². The molecule has 0 saturated carbocycles. The summed E-state index contributed by atoms with van der Waals surface area (Å²) >= 11 is 5.68. The maximum atomic E-state index is 12.3. The summed E-state index contributed by atoms with van der Waals surface area (Å²) in [5.41, 5.74) is -0.0327. The van der Waals surface area contributed by atoms with E-state index < -0.39 is 5.97 Å². The van der Waals surface area contributed by atoms with Crippen LogP contribution >= 0.6 is 11.6 Å². The second kappa shape index (κ2) is 7.31.